The van der Waals surface area contributed by atoms with E-state index >= 15 is 0 Å². The van der Waals surface area contributed by atoms with Gasteiger partial charge in [-0.1, -0.05) is 0 Å². The number of hydrogen-bond donors (Lipinski definition) is 1. The standard InChI is InChI=1S/C12H16F3NO3S/c1-3-19-9(2)8-16-10-4-6-11(7-5-10)20(17,18)12(13,14)15/h4-7,9,16H,3,8H2,1-2H3. The summed E-state index contributed by atoms with van der Waals surface area (Å²) in [4.78, 5) is -0.770. The van der Waals surface area contributed by atoms with Gasteiger partial charge in [-0.2, -0.15) is 13.2 Å². The maximum absolute atomic E-state index is 12.3. The molecule has 1 rings (SSSR count). The van der Waals surface area contributed by atoms with E-state index in [1.54, 1.807) is 0 Å². The molecule has 0 heterocycles. The third-order valence-electron chi connectivity index (χ3n) is 2.51. The Morgan fingerprint density at radius 3 is 2.25 bits per heavy atom. The SMILES string of the molecule is CCOC(C)CNc1ccc(S(=O)(=O)C(F)(F)F)cc1. The lowest BCUT2D eigenvalue weighted by Gasteiger charge is -2.14. The van der Waals surface area contributed by atoms with Crippen LogP contribution in [0.15, 0.2) is 29.2 Å². The number of nitrogens with one attached hydrogen (secondary N) is 1. The van der Waals surface area contributed by atoms with Gasteiger partial charge in [0.05, 0.1) is 11.0 Å². The van der Waals surface area contributed by atoms with Gasteiger partial charge in [0.15, 0.2) is 0 Å². The van der Waals surface area contributed by atoms with E-state index in [0.717, 1.165) is 12.1 Å². The van der Waals surface area contributed by atoms with Gasteiger partial charge in [0, 0.05) is 18.8 Å². The largest absolute Gasteiger partial charge is 0.501 e. The van der Waals surface area contributed by atoms with Gasteiger partial charge in [0.2, 0.25) is 0 Å². The Bertz CT molecular complexity index is 526. The van der Waals surface area contributed by atoms with Crippen molar-refractivity contribution in [1.82, 2.24) is 0 Å². The molecular weight excluding hydrogens is 295 g/mol. The first-order chi connectivity index (χ1) is 9.18. The van der Waals surface area contributed by atoms with Gasteiger partial charge in [-0.05, 0) is 38.1 Å². The summed E-state index contributed by atoms with van der Waals surface area (Å²) in [6.45, 7) is 4.73. The van der Waals surface area contributed by atoms with Crippen LogP contribution in [0.3, 0.4) is 0 Å². The molecule has 0 bridgehead atoms. The Morgan fingerprint density at radius 1 is 1.25 bits per heavy atom. The smallest absolute Gasteiger partial charge is 0.382 e. The first-order valence-electron chi connectivity index (χ1n) is 5.95. The van der Waals surface area contributed by atoms with Crippen LogP contribution in [0.4, 0.5) is 18.9 Å². The van der Waals surface area contributed by atoms with Gasteiger partial charge < -0.3 is 10.1 Å². The summed E-state index contributed by atoms with van der Waals surface area (Å²) in [5.41, 5.74) is -4.76. The number of benzene rings is 1. The van der Waals surface area contributed by atoms with Crippen molar-refractivity contribution in [2.45, 2.75) is 30.4 Å². The first kappa shape index (κ1) is 16.8. The summed E-state index contributed by atoms with van der Waals surface area (Å²) in [5.74, 6) is 0. The zero-order chi connectivity index (χ0) is 15.4. The van der Waals surface area contributed by atoms with E-state index in [1.165, 1.54) is 12.1 Å². The van der Waals surface area contributed by atoms with E-state index in [9.17, 15) is 21.6 Å². The van der Waals surface area contributed by atoms with Crippen LogP contribution in [-0.2, 0) is 14.6 Å². The maximum Gasteiger partial charge on any atom is 0.501 e. The Balaban J connectivity index is 2.75. The summed E-state index contributed by atoms with van der Waals surface area (Å²) in [6.07, 6.45) is -0.0569. The van der Waals surface area contributed by atoms with Crippen molar-refractivity contribution in [3.63, 3.8) is 0 Å². The lowest BCUT2D eigenvalue weighted by atomic mass is 10.3. The Hall–Kier alpha value is -1.28. The molecule has 0 spiro atoms. The molecule has 1 aromatic carbocycles. The number of ether oxygens (including phenoxy) is 1. The van der Waals surface area contributed by atoms with Crippen LogP contribution in [0.25, 0.3) is 0 Å². The van der Waals surface area contributed by atoms with Gasteiger partial charge in [0.1, 0.15) is 0 Å². The van der Waals surface area contributed by atoms with Gasteiger partial charge >= 0.3 is 5.51 Å². The first-order valence-corrected chi connectivity index (χ1v) is 7.43. The zero-order valence-electron chi connectivity index (χ0n) is 11.1. The summed E-state index contributed by atoms with van der Waals surface area (Å²) < 4.78 is 64.6. The van der Waals surface area contributed by atoms with Crippen molar-refractivity contribution < 1.29 is 26.3 Å². The Kier molecular flexibility index (Phi) is 5.41. The van der Waals surface area contributed by atoms with Gasteiger partial charge in [-0.25, -0.2) is 8.42 Å². The molecular formula is C12H16F3NO3S. The topological polar surface area (TPSA) is 55.4 Å². The molecule has 1 N–H and O–H groups in total. The van der Waals surface area contributed by atoms with Crippen molar-refractivity contribution in [2.24, 2.45) is 0 Å². The number of halogens is 3. The van der Waals surface area contributed by atoms with Gasteiger partial charge in [-0.15, -0.1) is 0 Å². The van der Waals surface area contributed by atoms with Gasteiger partial charge in [-0.3, -0.25) is 0 Å². The zero-order valence-corrected chi connectivity index (χ0v) is 11.9. The van der Waals surface area contributed by atoms with E-state index in [2.05, 4.69) is 5.32 Å². The van der Waals surface area contributed by atoms with Crippen molar-refractivity contribution in [3.8, 4) is 0 Å². The highest BCUT2D eigenvalue weighted by Gasteiger charge is 2.46. The van der Waals surface area contributed by atoms with Crippen LogP contribution in [0.2, 0.25) is 0 Å². The molecule has 0 aliphatic rings. The second-order valence-electron chi connectivity index (χ2n) is 4.12. The monoisotopic (exact) mass is 311 g/mol. The quantitative estimate of drug-likeness (QED) is 0.878. The van der Waals surface area contributed by atoms with Crippen LogP contribution in [0.1, 0.15) is 13.8 Å². The van der Waals surface area contributed by atoms with Crippen LogP contribution in [0.5, 0.6) is 0 Å². The maximum atomic E-state index is 12.3. The highest BCUT2D eigenvalue weighted by Crippen LogP contribution is 2.30. The van der Waals surface area contributed by atoms with Crippen LogP contribution >= 0.6 is 0 Å². The highest BCUT2D eigenvalue weighted by atomic mass is 32.2. The van der Waals surface area contributed by atoms with E-state index in [0.29, 0.717) is 18.8 Å². The normalized spacial score (nSPS) is 14.1. The summed E-state index contributed by atoms with van der Waals surface area (Å²) >= 11 is 0. The van der Waals surface area contributed by atoms with Crippen LogP contribution < -0.4 is 5.32 Å². The average Bonchev–Trinajstić information content (AvgIpc) is 2.36. The number of alkyl halides is 3. The fourth-order valence-electron chi connectivity index (χ4n) is 1.49. The summed E-state index contributed by atoms with van der Waals surface area (Å²) in [7, 11) is -5.29. The Morgan fingerprint density at radius 2 is 1.80 bits per heavy atom. The average molecular weight is 311 g/mol. The molecule has 0 amide bonds. The molecule has 0 saturated heterocycles. The molecule has 4 nitrogen and oxygen atoms in total. The van der Waals surface area contributed by atoms with E-state index in [1.807, 2.05) is 13.8 Å². The van der Waals surface area contributed by atoms with Crippen molar-refractivity contribution in [1.29, 1.82) is 0 Å². The third-order valence-corrected chi connectivity index (χ3v) is 4.02. The number of rotatable bonds is 6. The third kappa shape index (κ3) is 4.11. The lowest BCUT2D eigenvalue weighted by Crippen LogP contribution is -2.23. The number of sulfone groups is 1. The summed E-state index contributed by atoms with van der Waals surface area (Å²) in [6, 6.07) is 4.43. The van der Waals surface area contributed by atoms with E-state index in [-0.39, 0.29) is 6.10 Å². The molecule has 1 aromatic rings. The second kappa shape index (κ2) is 6.45. The minimum absolute atomic E-state index is 0.0569. The van der Waals surface area contributed by atoms with Crippen LogP contribution in [-0.4, -0.2) is 33.2 Å². The molecule has 0 aliphatic heterocycles. The Labute approximate surface area is 115 Å². The van der Waals surface area contributed by atoms with E-state index in [4.69, 9.17) is 4.74 Å². The molecule has 0 aliphatic carbocycles. The minimum Gasteiger partial charge on any atom is -0.382 e. The second-order valence-corrected chi connectivity index (χ2v) is 6.06. The molecule has 114 valence electrons. The van der Waals surface area contributed by atoms with Crippen molar-refractivity contribution in [3.05, 3.63) is 24.3 Å². The molecule has 1 unspecified atom stereocenters. The van der Waals surface area contributed by atoms with Crippen LogP contribution in [0, 0.1) is 0 Å². The number of hydrogen-bond acceptors (Lipinski definition) is 4. The lowest BCUT2D eigenvalue weighted by molar-refractivity contribution is -0.0436. The molecule has 8 heteroatoms. The summed E-state index contributed by atoms with van der Waals surface area (Å²) in [5, 5.41) is 2.95. The molecule has 0 saturated carbocycles. The molecule has 0 aromatic heterocycles. The van der Waals surface area contributed by atoms with Gasteiger partial charge in [0.25, 0.3) is 9.84 Å². The van der Waals surface area contributed by atoms with Crippen molar-refractivity contribution in [2.75, 3.05) is 18.5 Å². The molecule has 20 heavy (non-hydrogen) atoms. The minimum atomic E-state index is -5.29. The fourth-order valence-corrected chi connectivity index (χ4v) is 2.25. The predicted octanol–water partition coefficient (Wildman–Crippen LogP) is 2.82. The highest BCUT2D eigenvalue weighted by molar-refractivity contribution is 7.92. The van der Waals surface area contributed by atoms with E-state index < -0.39 is 20.2 Å². The number of anilines is 1. The molecule has 0 fully saturated rings. The predicted molar refractivity (Wildman–Crippen MR) is 69.3 cm³/mol. The van der Waals surface area contributed by atoms with Crippen molar-refractivity contribution >= 4 is 15.5 Å². The fraction of sp³-hybridized carbons (Fsp3) is 0.500. The molecule has 1 atom stereocenters. The molecule has 0 radical (unpaired) electrons.